The van der Waals surface area contributed by atoms with Gasteiger partial charge in [-0.2, -0.15) is 0 Å². The number of benzene rings is 1. The number of hydrogen-bond acceptors (Lipinski definition) is 3. The molecule has 0 saturated heterocycles. The number of aryl methyl sites for hydroxylation is 1. The Morgan fingerprint density at radius 2 is 2.12 bits per heavy atom. The van der Waals surface area contributed by atoms with Gasteiger partial charge in [0.15, 0.2) is 0 Å². The Hall–Kier alpha value is -1.42. The Labute approximate surface area is 103 Å². The molecule has 1 aromatic heterocycles. The van der Waals surface area contributed by atoms with Gasteiger partial charge in [0.2, 0.25) is 5.28 Å². The van der Waals surface area contributed by atoms with E-state index < -0.39 is 0 Å². The van der Waals surface area contributed by atoms with Crippen LogP contribution in [0.3, 0.4) is 0 Å². The van der Waals surface area contributed by atoms with E-state index >= 15 is 0 Å². The molecule has 1 aliphatic rings. The largest absolute Gasteiger partial charge is 0.367 e. The van der Waals surface area contributed by atoms with Crippen LogP contribution >= 0.6 is 11.6 Å². The molecule has 1 heterocycles. The highest BCUT2D eigenvalue weighted by Crippen LogP contribution is 2.29. The zero-order valence-corrected chi connectivity index (χ0v) is 10.1. The van der Waals surface area contributed by atoms with E-state index in [0.717, 1.165) is 18.2 Å². The van der Waals surface area contributed by atoms with E-state index in [1.165, 1.54) is 6.07 Å². The number of anilines is 1. The first-order valence-electron chi connectivity index (χ1n) is 5.53. The molecule has 0 radical (unpaired) electrons. The lowest BCUT2D eigenvalue weighted by Crippen LogP contribution is -2.05. The maximum absolute atomic E-state index is 13.5. The molecule has 3 rings (SSSR count). The summed E-state index contributed by atoms with van der Waals surface area (Å²) in [6.07, 6.45) is 2.28. The first-order valence-corrected chi connectivity index (χ1v) is 5.91. The van der Waals surface area contributed by atoms with Crippen LogP contribution < -0.4 is 5.32 Å². The molecule has 0 bridgehead atoms. The van der Waals surface area contributed by atoms with Crippen molar-refractivity contribution in [3.05, 3.63) is 28.8 Å². The van der Waals surface area contributed by atoms with E-state index in [2.05, 4.69) is 15.3 Å². The van der Waals surface area contributed by atoms with Crippen LogP contribution in [0.2, 0.25) is 5.28 Å². The van der Waals surface area contributed by atoms with Crippen LogP contribution in [-0.2, 0) is 0 Å². The van der Waals surface area contributed by atoms with Crippen LogP contribution in [-0.4, -0.2) is 16.0 Å². The van der Waals surface area contributed by atoms with Gasteiger partial charge in [-0.1, -0.05) is 0 Å². The summed E-state index contributed by atoms with van der Waals surface area (Å²) in [5, 5.41) is 4.25. The lowest BCUT2D eigenvalue weighted by Gasteiger charge is -2.09. The topological polar surface area (TPSA) is 37.8 Å². The Morgan fingerprint density at radius 3 is 2.82 bits per heavy atom. The summed E-state index contributed by atoms with van der Waals surface area (Å²) in [6, 6.07) is 3.62. The summed E-state index contributed by atoms with van der Waals surface area (Å²) >= 11 is 5.84. The quantitative estimate of drug-likeness (QED) is 0.833. The van der Waals surface area contributed by atoms with Gasteiger partial charge in [0, 0.05) is 17.5 Å². The maximum atomic E-state index is 13.5. The molecule has 1 saturated carbocycles. The highest BCUT2D eigenvalue weighted by atomic mass is 35.5. The van der Waals surface area contributed by atoms with E-state index in [0.29, 0.717) is 22.9 Å². The van der Waals surface area contributed by atoms with Crippen molar-refractivity contribution in [1.29, 1.82) is 0 Å². The highest BCUT2D eigenvalue weighted by molar-refractivity contribution is 6.28. The van der Waals surface area contributed by atoms with Gasteiger partial charge >= 0.3 is 0 Å². The van der Waals surface area contributed by atoms with Crippen LogP contribution in [0, 0.1) is 12.7 Å². The van der Waals surface area contributed by atoms with Crippen LogP contribution in [0.15, 0.2) is 12.1 Å². The average Bonchev–Trinajstić information content (AvgIpc) is 3.05. The standard InChI is InChI=1S/C12H11ClFN3/c1-6-4-8-10(5-9(6)14)16-12(13)17-11(8)15-7-2-3-7/h4-5,7H,2-3H2,1H3,(H,15,16,17). The second-order valence-electron chi connectivity index (χ2n) is 4.38. The summed E-state index contributed by atoms with van der Waals surface area (Å²) in [7, 11) is 0. The molecule has 0 aliphatic heterocycles. The zero-order valence-electron chi connectivity index (χ0n) is 9.30. The fourth-order valence-corrected chi connectivity index (χ4v) is 1.94. The predicted octanol–water partition coefficient (Wildman–Crippen LogP) is 3.31. The highest BCUT2D eigenvalue weighted by Gasteiger charge is 2.22. The van der Waals surface area contributed by atoms with Crippen molar-refractivity contribution < 1.29 is 4.39 Å². The molecule has 0 atom stereocenters. The van der Waals surface area contributed by atoms with Gasteiger partial charge in [0.1, 0.15) is 11.6 Å². The van der Waals surface area contributed by atoms with Crippen LogP contribution in [0.5, 0.6) is 0 Å². The molecule has 1 aromatic carbocycles. The van der Waals surface area contributed by atoms with Crippen LogP contribution in [0.25, 0.3) is 10.9 Å². The fourth-order valence-electron chi connectivity index (χ4n) is 1.76. The smallest absolute Gasteiger partial charge is 0.224 e. The molecule has 17 heavy (non-hydrogen) atoms. The normalized spacial score (nSPS) is 15.2. The Bertz CT molecular complexity index is 596. The number of fused-ring (bicyclic) bond motifs is 1. The molecule has 1 fully saturated rings. The summed E-state index contributed by atoms with van der Waals surface area (Å²) in [5.41, 5.74) is 1.12. The Kier molecular flexibility index (Phi) is 2.40. The number of halogens is 2. The van der Waals surface area contributed by atoms with E-state index in [1.807, 2.05) is 0 Å². The van der Waals surface area contributed by atoms with Crippen LogP contribution in [0.1, 0.15) is 18.4 Å². The molecule has 2 aromatic rings. The van der Waals surface area contributed by atoms with Gasteiger partial charge < -0.3 is 5.32 Å². The summed E-state index contributed by atoms with van der Waals surface area (Å²) in [5.74, 6) is 0.426. The number of nitrogens with one attached hydrogen (secondary N) is 1. The van der Waals surface area contributed by atoms with Crippen molar-refractivity contribution in [2.45, 2.75) is 25.8 Å². The van der Waals surface area contributed by atoms with Gasteiger partial charge in [0.25, 0.3) is 0 Å². The minimum Gasteiger partial charge on any atom is -0.367 e. The van der Waals surface area contributed by atoms with Crippen molar-refractivity contribution in [2.24, 2.45) is 0 Å². The number of rotatable bonds is 2. The van der Waals surface area contributed by atoms with Crippen molar-refractivity contribution in [1.82, 2.24) is 9.97 Å². The van der Waals surface area contributed by atoms with Crippen molar-refractivity contribution in [3.63, 3.8) is 0 Å². The number of aromatic nitrogens is 2. The molecule has 0 amide bonds. The molecule has 5 heteroatoms. The molecule has 1 aliphatic carbocycles. The van der Waals surface area contributed by atoms with Gasteiger partial charge in [-0.3, -0.25) is 0 Å². The summed E-state index contributed by atoms with van der Waals surface area (Å²) in [6.45, 7) is 1.73. The van der Waals surface area contributed by atoms with Gasteiger partial charge in [-0.25, -0.2) is 14.4 Å². The SMILES string of the molecule is Cc1cc2c(NC3CC3)nc(Cl)nc2cc1F. The molecular weight excluding hydrogens is 241 g/mol. The van der Waals surface area contributed by atoms with E-state index in [9.17, 15) is 4.39 Å². The monoisotopic (exact) mass is 251 g/mol. The third kappa shape index (κ3) is 2.05. The molecule has 0 unspecified atom stereocenters. The molecule has 1 N–H and O–H groups in total. The minimum absolute atomic E-state index is 0.143. The number of nitrogens with zero attached hydrogens (tertiary/aromatic N) is 2. The summed E-state index contributed by atoms with van der Waals surface area (Å²) in [4.78, 5) is 8.21. The second kappa shape index (κ2) is 3.81. The van der Waals surface area contributed by atoms with E-state index in [4.69, 9.17) is 11.6 Å². The molecular formula is C12H11ClFN3. The number of hydrogen-bond donors (Lipinski definition) is 1. The Morgan fingerprint density at radius 1 is 1.35 bits per heavy atom. The zero-order chi connectivity index (χ0) is 12.0. The third-order valence-corrected chi connectivity index (χ3v) is 3.04. The first-order chi connectivity index (χ1) is 8.13. The van der Waals surface area contributed by atoms with Gasteiger partial charge in [-0.15, -0.1) is 0 Å². The maximum Gasteiger partial charge on any atom is 0.224 e. The lowest BCUT2D eigenvalue weighted by atomic mass is 10.1. The summed E-state index contributed by atoms with van der Waals surface area (Å²) < 4.78 is 13.5. The van der Waals surface area contributed by atoms with Gasteiger partial charge in [-0.05, 0) is 43.0 Å². The minimum atomic E-state index is -0.273. The predicted molar refractivity (Wildman–Crippen MR) is 65.9 cm³/mol. The van der Waals surface area contributed by atoms with Crippen molar-refractivity contribution >= 4 is 28.3 Å². The lowest BCUT2D eigenvalue weighted by molar-refractivity contribution is 0.620. The second-order valence-corrected chi connectivity index (χ2v) is 4.72. The average molecular weight is 252 g/mol. The van der Waals surface area contributed by atoms with Crippen molar-refractivity contribution in [3.8, 4) is 0 Å². The van der Waals surface area contributed by atoms with E-state index in [-0.39, 0.29) is 11.1 Å². The Balaban J connectivity index is 2.20. The van der Waals surface area contributed by atoms with Gasteiger partial charge in [0.05, 0.1) is 5.52 Å². The van der Waals surface area contributed by atoms with Crippen molar-refractivity contribution in [2.75, 3.05) is 5.32 Å². The van der Waals surface area contributed by atoms with Crippen LogP contribution in [0.4, 0.5) is 10.2 Å². The van der Waals surface area contributed by atoms with E-state index in [1.54, 1.807) is 13.0 Å². The third-order valence-electron chi connectivity index (χ3n) is 2.87. The first kappa shape index (κ1) is 10.7. The fraction of sp³-hybridized carbons (Fsp3) is 0.333. The molecule has 0 spiro atoms. The molecule has 3 nitrogen and oxygen atoms in total. The molecule has 88 valence electrons.